The summed E-state index contributed by atoms with van der Waals surface area (Å²) >= 11 is 12.0. The normalized spacial score (nSPS) is 10.3. The molecule has 0 aliphatic rings. The minimum atomic E-state index is -1.01. The van der Waals surface area contributed by atoms with Crippen molar-refractivity contribution >= 4 is 70.3 Å². The van der Waals surface area contributed by atoms with Gasteiger partial charge in [-0.2, -0.15) is 0 Å². The van der Waals surface area contributed by atoms with Crippen LogP contribution in [0.3, 0.4) is 0 Å². The van der Waals surface area contributed by atoms with Gasteiger partial charge in [0.2, 0.25) is 5.91 Å². The Morgan fingerprint density at radius 3 is 1.66 bits per heavy atom. The van der Waals surface area contributed by atoms with Gasteiger partial charge in [-0.25, -0.2) is 4.79 Å². The second-order valence-electron chi connectivity index (χ2n) is 6.29. The van der Waals surface area contributed by atoms with Crippen LogP contribution in [0.2, 0.25) is 10.0 Å². The van der Waals surface area contributed by atoms with E-state index in [4.69, 9.17) is 28.3 Å². The third-order valence-electron chi connectivity index (χ3n) is 4.35. The summed E-state index contributed by atoms with van der Waals surface area (Å²) in [7, 11) is 0. The van der Waals surface area contributed by atoms with Crippen molar-refractivity contribution in [3.05, 3.63) is 99.5 Å². The average molecular weight is 438 g/mol. The maximum absolute atomic E-state index is 12.6. The van der Waals surface area contributed by atoms with Crippen LogP contribution in [0.25, 0.3) is 0 Å². The number of carbonyl (C=O) groups excluding carboxylic acids is 1. The van der Waals surface area contributed by atoms with E-state index in [0.717, 1.165) is 11.1 Å². The van der Waals surface area contributed by atoms with E-state index in [1.54, 1.807) is 36.4 Å². The molecule has 0 fully saturated rings. The summed E-state index contributed by atoms with van der Waals surface area (Å²) < 4.78 is 0. The first-order valence-corrected chi connectivity index (χ1v) is 9.32. The van der Waals surface area contributed by atoms with Crippen LogP contribution in [0.4, 0.5) is 5.69 Å². The molecule has 144 valence electrons. The van der Waals surface area contributed by atoms with Crippen LogP contribution in [-0.2, 0) is 4.79 Å². The molecule has 3 aromatic carbocycles. The van der Waals surface area contributed by atoms with E-state index in [9.17, 15) is 9.59 Å². The molecule has 0 spiro atoms. The summed E-state index contributed by atoms with van der Waals surface area (Å²) in [6.07, 6.45) is 0.212. The zero-order valence-electron chi connectivity index (χ0n) is 14.7. The first-order chi connectivity index (χ1) is 13.4. The van der Waals surface area contributed by atoms with E-state index >= 15 is 0 Å². The molecule has 29 heavy (non-hydrogen) atoms. The molecule has 0 aliphatic heterocycles. The van der Waals surface area contributed by atoms with Gasteiger partial charge in [0.1, 0.15) is 0 Å². The summed E-state index contributed by atoms with van der Waals surface area (Å²) in [6, 6.07) is 20.8. The van der Waals surface area contributed by atoms with E-state index in [1.807, 2.05) is 24.3 Å². The van der Waals surface area contributed by atoms with Crippen molar-refractivity contribution in [3.63, 3.8) is 0 Å². The Balaban J connectivity index is 0.00000300. The summed E-state index contributed by atoms with van der Waals surface area (Å²) in [4.78, 5) is 23.6. The van der Waals surface area contributed by atoms with Crippen LogP contribution < -0.4 is 5.32 Å². The standard InChI is InChI=1S/C22H17Cl2NO3.Na.H/c23-17-7-1-14(2-8-17)20(15-3-9-18(24)10-4-15)13-21(26)25-19-11-5-16(6-12-19)22(27)28;;/h1-12,20H,13H2,(H,25,26)(H,27,28);;. The van der Waals surface area contributed by atoms with E-state index < -0.39 is 5.97 Å². The Kier molecular flexibility index (Phi) is 8.75. The number of anilines is 1. The molecule has 2 N–H and O–H groups in total. The summed E-state index contributed by atoms with van der Waals surface area (Å²) in [5, 5.41) is 13.0. The van der Waals surface area contributed by atoms with Gasteiger partial charge in [-0.3, -0.25) is 4.79 Å². The Bertz CT molecular complexity index is 929. The zero-order chi connectivity index (χ0) is 20.1. The number of amides is 1. The molecule has 0 atom stereocenters. The fourth-order valence-electron chi connectivity index (χ4n) is 2.91. The minimum absolute atomic E-state index is 0. The fraction of sp³-hybridized carbons (Fsp3) is 0.0909. The topological polar surface area (TPSA) is 66.4 Å². The van der Waals surface area contributed by atoms with Gasteiger partial charge in [0.15, 0.2) is 0 Å². The number of carboxylic acids is 1. The van der Waals surface area contributed by atoms with Gasteiger partial charge in [-0.1, -0.05) is 47.5 Å². The molecular weight excluding hydrogens is 420 g/mol. The third kappa shape index (κ3) is 6.59. The van der Waals surface area contributed by atoms with Crippen molar-refractivity contribution in [2.75, 3.05) is 5.32 Å². The van der Waals surface area contributed by atoms with Crippen LogP contribution in [0.1, 0.15) is 33.8 Å². The van der Waals surface area contributed by atoms with Crippen LogP contribution in [0.5, 0.6) is 0 Å². The van der Waals surface area contributed by atoms with E-state index in [2.05, 4.69) is 5.32 Å². The first kappa shape index (κ1) is 23.5. The Morgan fingerprint density at radius 1 is 0.793 bits per heavy atom. The molecule has 7 heteroatoms. The second-order valence-corrected chi connectivity index (χ2v) is 7.16. The van der Waals surface area contributed by atoms with Crippen molar-refractivity contribution in [1.29, 1.82) is 0 Å². The number of nitrogens with one attached hydrogen (secondary N) is 1. The van der Waals surface area contributed by atoms with Crippen LogP contribution in [0.15, 0.2) is 72.8 Å². The average Bonchev–Trinajstić information content (AvgIpc) is 2.68. The van der Waals surface area contributed by atoms with E-state index in [-0.39, 0.29) is 53.4 Å². The molecule has 0 saturated carbocycles. The van der Waals surface area contributed by atoms with Crippen molar-refractivity contribution in [2.24, 2.45) is 0 Å². The number of carboxylic acid groups (broad SMARTS) is 1. The van der Waals surface area contributed by atoms with Crippen molar-refractivity contribution in [1.82, 2.24) is 0 Å². The van der Waals surface area contributed by atoms with Gasteiger partial charge in [0.05, 0.1) is 5.56 Å². The second kappa shape index (κ2) is 10.8. The van der Waals surface area contributed by atoms with Gasteiger partial charge in [0, 0.05) is 28.1 Å². The number of benzene rings is 3. The molecule has 0 aliphatic carbocycles. The summed E-state index contributed by atoms with van der Waals surface area (Å²) in [5.74, 6) is -1.37. The van der Waals surface area contributed by atoms with Crippen molar-refractivity contribution in [3.8, 4) is 0 Å². The van der Waals surface area contributed by atoms with Crippen LogP contribution >= 0.6 is 23.2 Å². The molecule has 0 heterocycles. The molecule has 4 nitrogen and oxygen atoms in total. The van der Waals surface area contributed by atoms with Gasteiger partial charge in [-0.05, 0) is 59.7 Å². The van der Waals surface area contributed by atoms with E-state index in [0.29, 0.717) is 15.7 Å². The monoisotopic (exact) mass is 437 g/mol. The Hall–Kier alpha value is -1.82. The molecule has 3 aromatic rings. The molecule has 0 aromatic heterocycles. The molecule has 0 unspecified atom stereocenters. The molecule has 3 rings (SSSR count). The van der Waals surface area contributed by atoms with Crippen LogP contribution in [-0.4, -0.2) is 46.5 Å². The fourth-order valence-corrected chi connectivity index (χ4v) is 3.16. The number of rotatable bonds is 6. The van der Waals surface area contributed by atoms with Crippen molar-refractivity contribution in [2.45, 2.75) is 12.3 Å². The van der Waals surface area contributed by atoms with E-state index in [1.165, 1.54) is 12.1 Å². The third-order valence-corrected chi connectivity index (χ3v) is 4.85. The first-order valence-electron chi connectivity index (χ1n) is 8.56. The van der Waals surface area contributed by atoms with Gasteiger partial charge in [0.25, 0.3) is 0 Å². The van der Waals surface area contributed by atoms with Crippen LogP contribution in [0, 0.1) is 0 Å². The molecule has 1 amide bonds. The van der Waals surface area contributed by atoms with Gasteiger partial charge < -0.3 is 10.4 Å². The number of aromatic carboxylic acids is 1. The predicted octanol–water partition coefficient (Wildman–Crippen LogP) is 5.20. The number of halogens is 2. The van der Waals surface area contributed by atoms with Crippen molar-refractivity contribution < 1.29 is 14.7 Å². The summed E-state index contributed by atoms with van der Waals surface area (Å²) in [5.41, 5.74) is 2.63. The predicted molar refractivity (Wildman–Crippen MR) is 119 cm³/mol. The van der Waals surface area contributed by atoms with Gasteiger partial charge >= 0.3 is 35.5 Å². The molecule has 0 bridgehead atoms. The zero-order valence-corrected chi connectivity index (χ0v) is 16.2. The number of carbonyl (C=O) groups is 2. The molecule has 0 saturated heterocycles. The number of hydrogen-bond donors (Lipinski definition) is 2. The quantitative estimate of drug-likeness (QED) is 0.520. The maximum atomic E-state index is 12.6. The number of hydrogen-bond acceptors (Lipinski definition) is 2. The molecular formula is C22H18Cl2NNaO3. The molecule has 0 radical (unpaired) electrons. The van der Waals surface area contributed by atoms with Gasteiger partial charge in [-0.15, -0.1) is 0 Å². The Morgan fingerprint density at radius 2 is 1.24 bits per heavy atom. The summed E-state index contributed by atoms with van der Waals surface area (Å²) in [6.45, 7) is 0. The Labute approximate surface area is 201 Å². The SMILES string of the molecule is O=C(CC(c1ccc(Cl)cc1)c1ccc(Cl)cc1)Nc1ccc(C(=O)O)cc1.[NaH].